The molecule has 0 aliphatic heterocycles. The molecule has 0 atom stereocenters. The summed E-state index contributed by atoms with van der Waals surface area (Å²) in [6.45, 7) is -1.53. The van der Waals surface area contributed by atoms with Gasteiger partial charge >= 0.3 is 6.61 Å². The average Bonchev–Trinajstić information content (AvgIpc) is 2.91. The Bertz CT molecular complexity index is 549. The lowest BCUT2D eigenvalue weighted by Crippen LogP contribution is -2.04. The number of halogens is 2. The van der Waals surface area contributed by atoms with E-state index in [0.29, 0.717) is 18.9 Å². The summed E-state index contributed by atoms with van der Waals surface area (Å²) >= 11 is 1.52. The van der Waals surface area contributed by atoms with Crippen LogP contribution in [0, 0.1) is 0 Å². The van der Waals surface area contributed by atoms with Crippen molar-refractivity contribution in [1.82, 2.24) is 14.8 Å². The molecule has 0 saturated carbocycles. The maximum absolute atomic E-state index is 12.0. The number of methoxy groups -OCH3 is 1. The molecule has 114 valence electrons. The van der Waals surface area contributed by atoms with E-state index < -0.39 is 6.61 Å². The maximum Gasteiger partial charge on any atom is 0.387 e. The summed E-state index contributed by atoms with van der Waals surface area (Å²) in [5, 5.41) is 8.70. The Balaban J connectivity index is 1.89. The maximum atomic E-state index is 12.0. The molecule has 2 rings (SSSR count). The van der Waals surface area contributed by atoms with Gasteiger partial charge in [0.05, 0.1) is 6.61 Å². The summed E-state index contributed by atoms with van der Waals surface area (Å²) in [6.07, 6.45) is 1.65. The fourth-order valence-electron chi connectivity index (χ4n) is 1.61. The summed E-state index contributed by atoms with van der Waals surface area (Å²) in [4.78, 5) is 0. The van der Waals surface area contributed by atoms with Gasteiger partial charge in [0.25, 0.3) is 0 Å². The SMILES string of the molecule is COCCn1cnnc1SCc1ccc(OC(F)F)cc1. The smallest absolute Gasteiger partial charge is 0.387 e. The normalized spacial score (nSPS) is 11.0. The molecule has 0 N–H and O–H groups in total. The molecule has 0 aliphatic rings. The number of thioether (sulfide) groups is 1. The minimum absolute atomic E-state index is 0.155. The molecular formula is C13H15F2N3O2S. The van der Waals surface area contributed by atoms with Crippen LogP contribution in [-0.2, 0) is 17.0 Å². The highest BCUT2D eigenvalue weighted by molar-refractivity contribution is 7.98. The first kappa shape index (κ1) is 15.7. The second-order valence-electron chi connectivity index (χ2n) is 4.11. The van der Waals surface area contributed by atoms with Crippen molar-refractivity contribution in [1.29, 1.82) is 0 Å². The molecular weight excluding hydrogens is 300 g/mol. The topological polar surface area (TPSA) is 49.2 Å². The van der Waals surface area contributed by atoms with Gasteiger partial charge in [0.2, 0.25) is 0 Å². The monoisotopic (exact) mass is 315 g/mol. The molecule has 0 bridgehead atoms. The van der Waals surface area contributed by atoms with Crippen LogP contribution in [-0.4, -0.2) is 35.1 Å². The lowest BCUT2D eigenvalue weighted by Gasteiger charge is -2.07. The van der Waals surface area contributed by atoms with E-state index in [9.17, 15) is 8.78 Å². The van der Waals surface area contributed by atoms with Crippen molar-refractivity contribution in [2.24, 2.45) is 0 Å². The Kier molecular flexibility index (Phi) is 5.94. The highest BCUT2D eigenvalue weighted by atomic mass is 32.2. The lowest BCUT2D eigenvalue weighted by atomic mass is 10.2. The molecule has 0 radical (unpaired) electrons. The first-order valence-electron chi connectivity index (χ1n) is 6.22. The van der Waals surface area contributed by atoms with Gasteiger partial charge in [-0.05, 0) is 17.7 Å². The van der Waals surface area contributed by atoms with Gasteiger partial charge in [0.15, 0.2) is 5.16 Å². The van der Waals surface area contributed by atoms with Gasteiger partial charge < -0.3 is 14.0 Å². The molecule has 0 aliphatic carbocycles. The molecule has 1 aromatic carbocycles. The molecule has 1 aromatic heterocycles. The third-order valence-corrected chi connectivity index (χ3v) is 3.68. The largest absolute Gasteiger partial charge is 0.435 e. The Morgan fingerprint density at radius 1 is 1.29 bits per heavy atom. The van der Waals surface area contributed by atoms with Crippen LogP contribution in [0.15, 0.2) is 35.7 Å². The number of aromatic nitrogens is 3. The van der Waals surface area contributed by atoms with Crippen molar-refractivity contribution in [3.8, 4) is 5.75 Å². The van der Waals surface area contributed by atoms with Crippen LogP contribution >= 0.6 is 11.8 Å². The van der Waals surface area contributed by atoms with Gasteiger partial charge in [-0.25, -0.2) is 0 Å². The molecule has 0 spiro atoms. The Hall–Kier alpha value is -1.67. The van der Waals surface area contributed by atoms with Gasteiger partial charge in [-0.2, -0.15) is 8.78 Å². The van der Waals surface area contributed by atoms with Gasteiger partial charge in [-0.15, -0.1) is 10.2 Å². The summed E-state index contributed by atoms with van der Waals surface area (Å²) in [6, 6.07) is 6.55. The Morgan fingerprint density at radius 2 is 2.05 bits per heavy atom. The van der Waals surface area contributed by atoms with Crippen molar-refractivity contribution in [2.45, 2.75) is 24.1 Å². The highest BCUT2D eigenvalue weighted by Crippen LogP contribution is 2.22. The van der Waals surface area contributed by atoms with Crippen LogP contribution in [0.2, 0.25) is 0 Å². The first-order chi connectivity index (χ1) is 10.2. The highest BCUT2D eigenvalue weighted by Gasteiger charge is 2.07. The number of benzene rings is 1. The van der Waals surface area contributed by atoms with Crippen LogP contribution in [0.5, 0.6) is 5.75 Å². The van der Waals surface area contributed by atoms with Crippen LogP contribution in [0.3, 0.4) is 0 Å². The fraction of sp³-hybridized carbons (Fsp3) is 0.385. The molecule has 21 heavy (non-hydrogen) atoms. The molecule has 8 heteroatoms. The van der Waals surface area contributed by atoms with E-state index in [1.54, 1.807) is 25.6 Å². The molecule has 0 amide bonds. The van der Waals surface area contributed by atoms with Gasteiger partial charge in [0, 0.05) is 19.4 Å². The minimum Gasteiger partial charge on any atom is -0.435 e. The van der Waals surface area contributed by atoms with Gasteiger partial charge in [-0.3, -0.25) is 0 Å². The van der Waals surface area contributed by atoms with E-state index in [2.05, 4.69) is 14.9 Å². The van der Waals surface area contributed by atoms with Crippen molar-refractivity contribution in [2.75, 3.05) is 13.7 Å². The van der Waals surface area contributed by atoms with Gasteiger partial charge in [-0.1, -0.05) is 23.9 Å². The zero-order valence-electron chi connectivity index (χ0n) is 11.4. The Labute approximate surface area is 125 Å². The summed E-state index contributed by atoms with van der Waals surface area (Å²) in [5.74, 6) is 0.822. The van der Waals surface area contributed by atoms with E-state index >= 15 is 0 Å². The van der Waals surface area contributed by atoms with Crippen LogP contribution in [0.1, 0.15) is 5.56 Å². The van der Waals surface area contributed by atoms with Crippen LogP contribution in [0.25, 0.3) is 0 Å². The quantitative estimate of drug-likeness (QED) is 0.701. The number of ether oxygens (including phenoxy) is 2. The first-order valence-corrected chi connectivity index (χ1v) is 7.21. The number of alkyl halides is 2. The van der Waals surface area contributed by atoms with E-state index in [0.717, 1.165) is 10.7 Å². The number of hydrogen-bond acceptors (Lipinski definition) is 5. The fourth-order valence-corrected chi connectivity index (χ4v) is 2.51. The second kappa shape index (κ2) is 7.94. The third-order valence-electron chi connectivity index (χ3n) is 2.63. The number of hydrogen-bond donors (Lipinski definition) is 0. The standard InChI is InChI=1S/C13H15F2N3O2S/c1-19-7-6-18-9-16-17-13(18)21-8-10-2-4-11(5-3-10)20-12(14)15/h2-5,9,12H,6-8H2,1H3. The van der Waals surface area contributed by atoms with Crippen molar-refractivity contribution >= 4 is 11.8 Å². The molecule has 1 heterocycles. The van der Waals surface area contributed by atoms with Crippen molar-refractivity contribution in [3.63, 3.8) is 0 Å². The predicted molar refractivity (Wildman–Crippen MR) is 74.5 cm³/mol. The van der Waals surface area contributed by atoms with Gasteiger partial charge in [0.1, 0.15) is 12.1 Å². The summed E-state index contributed by atoms with van der Waals surface area (Å²) in [5.41, 5.74) is 0.989. The van der Waals surface area contributed by atoms with E-state index in [1.165, 1.54) is 23.9 Å². The molecule has 0 fully saturated rings. The third kappa shape index (κ3) is 4.98. The molecule has 2 aromatic rings. The lowest BCUT2D eigenvalue weighted by molar-refractivity contribution is -0.0498. The van der Waals surface area contributed by atoms with Crippen molar-refractivity contribution < 1.29 is 18.3 Å². The van der Waals surface area contributed by atoms with Crippen molar-refractivity contribution in [3.05, 3.63) is 36.2 Å². The molecule has 0 saturated heterocycles. The zero-order chi connectivity index (χ0) is 15.1. The van der Waals surface area contributed by atoms with Crippen LogP contribution < -0.4 is 4.74 Å². The predicted octanol–water partition coefficient (Wildman–Crippen LogP) is 2.82. The summed E-state index contributed by atoms with van der Waals surface area (Å²) in [7, 11) is 1.64. The van der Waals surface area contributed by atoms with E-state index in [1.807, 2.05) is 4.57 Å². The average molecular weight is 315 g/mol. The number of rotatable bonds is 8. The summed E-state index contributed by atoms with van der Waals surface area (Å²) < 4.78 is 35.3. The second-order valence-corrected chi connectivity index (χ2v) is 5.05. The van der Waals surface area contributed by atoms with Crippen LogP contribution in [0.4, 0.5) is 8.78 Å². The number of nitrogens with zero attached hydrogens (tertiary/aromatic N) is 3. The molecule has 0 unspecified atom stereocenters. The Morgan fingerprint density at radius 3 is 2.71 bits per heavy atom. The van der Waals surface area contributed by atoms with E-state index in [-0.39, 0.29) is 5.75 Å². The molecule has 5 nitrogen and oxygen atoms in total. The minimum atomic E-state index is -2.80. The zero-order valence-corrected chi connectivity index (χ0v) is 12.2. The van der Waals surface area contributed by atoms with E-state index in [4.69, 9.17) is 4.74 Å².